The summed E-state index contributed by atoms with van der Waals surface area (Å²) in [6, 6.07) is 13.1. The van der Waals surface area contributed by atoms with Gasteiger partial charge in [0.15, 0.2) is 5.60 Å². The smallest absolute Gasteiger partial charge is 0.264 e. The third-order valence-corrected chi connectivity index (χ3v) is 11.9. The summed E-state index contributed by atoms with van der Waals surface area (Å²) in [6.07, 6.45) is 2.12. The maximum absolute atomic E-state index is 16.1. The molecule has 2 N–H and O–H groups in total. The van der Waals surface area contributed by atoms with E-state index < -0.39 is 31.6 Å². The van der Waals surface area contributed by atoms with E-state index in [1.807, 2.05) is 37.3 Å². The summed E-state index contributed by atoms with van der Waals surface area (Å²) in [4.78, 5) is 30.4. The maximum Gasteiger partial charge on any atom is 0.264 e. The van der Waals surface area contributed by atoms with Crippen molar-refractivity contribution in [1.29, 1.82) is 0 Å². The first-order valence-corrected chi connectivity index (χ1v) is 18.4. The van der Waals surface area contributed by atoms with E-state index in [0.717, 1.165) is 17.8 Å². The largest absolute Gasteiger partial charge is 0.396 e. The van der Waals surface area contributed by atoms with Gasteiger partial charge in [-0.3, -0.25) is 14.3 Å². The van der Waals surface area contributed by atoms with E-state index >= 15 is 4.11 Å². The lowest BCUT2D eigenvalue weighted by atomic mass is 9.82. The molecule has 0 bridgehead atoms. The number of nitrogens with one attached hydrogen (secondary N) is 1. The van der Waals surface area contributed by atoms with Crippen LogP contribution in [0, 0.1) is 5.92 Å². The van der Waals surface area contributed by atoms with Crippen LogP contribution in [0.2, 0.25) is 23.7 Å². The number of aliphatic hydroxyl groups excluding tert-OH is 1. The van der Waals surface area contributed by atoms with Crippen molar-refractivity contribution in [3.8, 4) is 0 Å². The second kappa shape index (κ2) is 12.0. The van der Waals surface area contributed by atoms with Crippen LogP contribution >= 0.6 is 11.6 Å². The highest BCUT2D eigenvalue weighted by molar-refractivity contribution is 6.72. The van der Waals surface area contributed by atoms with Crippen molar-refractivity contribution in [1.82, 2.24) is 20.3 Å². The Labute approximate surface area is 262 Å². The van der Waals surface area contributed by atoms with E-state index in [-0.39, 0.29) is 18.4 Å². The predicted octanol–water partition coefficient (Wildman–Crippen LogP) is 3.81. The molecule has 44 heavy (non-hydrogen) atoms. The van der Waals surface area contributed by atoms with E-state index in [0.29, 0.717) is 61.0 Å². The topological polar surface area (TPSA) is 113 Å². The molecule has 3 aromatic rings. The first-order valence-electron chi connectivity index (χ1n) is 15.1. The number of halogens is 2. The van der Waals surface area contributed by atoms with Crippen molar-refractivity contribution in [2.24, 2.45) is 5.92 Å². The van der Waals surface area contributed by atoms with Crippen LogP contribution in [0.15, 0.2) is 48.7 Å². The number of anilines is 2. The Morgan fingerprint density at radius 3 is 2.68 bits per heavy atom. The van der Waals surface area contributed by atoms with Gasteiger partial charge in [0.25, 0.3) is 5.91 Å². The van der Waals surface area contributed by atoms with Gasteiger partial charge in [-0.05, 0) is 55.4 Å². The average Bonchev–Trinajstić information content (AvgIpc) is 3.63. The van der Waals surface area contributed by atoms with Crippen molar-refractivity contribution in [2.45, 2.75) is 63.2 Å². The number of nitrogens with zero attached hydrogens (tertiary/aromatic N) is 5. The van der Waals surface area contributed by atoms with Crippen LogP contribution in [0.25, 0.3) is 0 Å². The van der Waals surface area contributed by atoms with E-state index in [2.05, 4.69) is 15.6 Å². The Balaban J connectivity index is 1.29. The molecular formula is C31H38ClFN6O4Si. The van der Waals surface area contributed by atoms with Crippen LogP contribution in [0.4, 0.5) is 15.5 Å². The number of benzene rings is 2. The number of aliphatic hydroxyl groups is 1. The zero-order valence-electron chi connectivity index (χ0n) is 25.2. The number of piperazine rings is 1. The highest BCUT2D eigenvalue weighted by Gasteiger charge is 2.66. The predicted molar refractivity (Wildman–Crippen MR) is 168 cm³/mol. The molecule has 0 unspecified atom stereocenters. The molecule has 2 amide bonds. The van der Waals surface area contributed by atoms with Gasteiger partial charge in [-0.2, -0.15) is 0 Å². The van der Waals surface area contributed by atoms with Crippen molar-refractivity contribution in [2.75, 3.05) is 36.0 Å². The van der Waals surface area contributed by atoms with Crippen molar-refractivity contribution >= 4 is 43.2 Å². The SMILES string of the molecule is C[C@H]1[C@H]([Si](C)(C)F)[C@@H](CCn2cc(CCO)nn2)O[C@]12C(=O)N(Cc1ccc(N3CCNCC3=O)cc1)c1ccc(Cl)cc12. The Morgan fingerprint density at radius 1 is 1.20 bits per heavy atom. The first-order chi connectivity index (χ1) is 21.0. The highest BCUT2D eigenvalue weighted by atomic mass is 35.5. The van der Waals surface area contributed by atoms with Gasteiger partial charge in [-0.25, -0.2) is 0 Å². The molecule has 10 nitrogen and oxygen atoms in total. The normalized spacial score (nSPS) is 25.4. The summed E-state index contributed by atoms with van der Waals surface area (Å²) in [5.41, 5.74) is 1.95. The molecule has 0 saturated carbocycles. The van der Waals surface area contributed by atoms with E-state index in [1.165, 1.54) is 0 Å². The number of amides is 2. The summed E-state index contributed by atoms with van der Waals surface area (Å²) in [5.74, 6) is -0.632. The fourth-order valence-corrected chi connectivity index (χ4v) is 9.94. The molecule has 2 saturated heterocycles. The number of hydrogen-bond donors (Lipinski definition) is 2. The molecule has 0 aliphatic carbocycles. The second-order valence-electron chi connectivity index (χ2n) is 12.4. The zero-order valence-corrected chi connectivity index (χ0v) is 26.9. The van der Waals surface area contributed by atoms with Crippen molar-refractivity contribution in [3.63, 3.8) is 0 Å². The molecule has 2 fully saturated rings. The van der Waals surface area contributed by atoms with Gasteiger partial charge in [-0.15, -0.1) is 5.10 Å². The minimum Gasteiger partial charge on any atom is -0.396 e. The van der Waals surface area contributed by atoms with Gasteiger partial charge in [0.1, 0.15) is 0 Å². The van der Waals surface area contributed by atoms with E-state index in [1.54, 1.807) is 45.9 Å². The molecule has 3 aliphatic rings. The number of carbonyl (C=O) groups excluding carboxylic acids is 2. The molecule has 13 heteroatoms. The van der Waals surface area contributed by atoms with Gasteiger partial charge in [0.2, 0.25) is 14.3 Å². The van der Waals surface area contributed by atoms with Gasteiger partial charge >= 0.3 is 0 Å². The molecule has 1 aromatic heterocycles. The molecule has 0 radical (unpaired) electrons. The van der Waals surface area contributed by atoms with Crippen molar-refractivity contribution in [3.05, 3.63) is 70.5 Å². The average molecular weight is 641 g/mol. The minimum atomic E-state index is -3.32. The Hall–Kier alpha value is -3.16. The van der Waals surface area contributed by atoms with Crippen LogP contribution in [-0.2, 0) is 39.4 Å². The third-order valence-electron chi connectivity index (χ3n) is 9.20. The minimum absolute atomic E-state index is 0.0191. The summed E-state index contributed by atoms with van der Waals surface area (Å²) >= 11 is 6.50. The Morgan fingerprint density at radius 2 is 1.98 bits per heavy atom. The molecule has 4 heterocycles. The summed E-state index contributed by atoms with van der Waals surface area (Å²) in [6.45, 7) is 7.65. The Kier molecular flexibility index (Phi) is 8.39. The summed E-state index contributed by atoms with van der Waals surface area (Å²) in [7, 11) is -3.32. The highest BCUT2D eigenvalue weighted by Crippen LogP contribution is 2.60. The maximum atomic E-state index is 16.1. The quantitative estimate of drug-likeness (QED) is 0.270. The molecule has 3 aliphatic heterocycles. The summed E-state index contributed by atoms with van der Waals surface area (Å²) < 4.78 is 24.6. The van der Waals surface area contributed by atoms with Crippen LogP contribution in [0.1, 0.15) is 30.2 Å². The lowest BCUT2D eigenvalue weighted by Crippen LogP contribution is -2.48. The number of aryl methyl sites for hydroxylation is 1. The van der Waals surface area contributed by atoms with Crippen LogP contribution < -0.4 is 15.1 Å². The lowest BCUT2D eigenvalue weighted by Gasteiger charge is -2.31. The molecule has 1 spiro atoms. The molecule has 2 aromatic carbocycles. The molecular weight excluding hydrogens is 603 g/mol. The molecule has 4 atom stereocenters. The number of hydrogen-bond acceptors (Lipinski definition) is 7. The van der Waals surface area contributed by atoms with Gasteiger partial charge in [-0.1, -0.05) is 35.9 Å². The first kappa shape index (κ1) is 30.8. The number of ether oxygens (including phenoxy) is 1. The number of rotatable bonds is 9. The van der Waals surface area contributed by atoms with Gasteiger partial charge in [0.05, 0.1) is 30.6 Å². The second-order valence-corrected chi connectivity index (χ2v) is 16.7. The van der Waals surface area contributed by atoms with E-state index in [9.17, 15) is 14.7 Å². The van der Waals surface area contributed by atoms with Crippen LogP contribution in [-0.4, -0.2) is 72.7 Å². The number of fused-ring (bicyclic) bond motifs is 2. The standard InChI is InChI=1S/C31H38ClFN6O4Si/c1-20-29(44(2,3)33)27(10-13-37-19-23(11-15-40)35-36-37)43-31(20)25-16-22(32)6-9-26(25)39(30(31)42)18-21-4-7-24(8-5-21)38-14-12-34-17-28(38)41/h4-9,16,19-20,27,29,34,40H,10-15,17-18H2,1-3H3/t20-,27+,29-,31+/m0/s1. The lowest BCUT2D eigenvalue weighted by molar-refractivity contribution is -0.146. The fraction of sp³-hybridized carbons (Fsp3) is 0.484. The van der Waals surface area contributed by atoms with E-state index in [4.69, 9.17) is 16.3 Å². The number of carbonyl (C=O) groups is 2. The summed E-state index contributed by atoms with van der Waals surface area (Å²) in [5, 5.41) is 21.0. The monoisotopic (exact) mass is 640 g/mol. The van der Waals surface area contributed by atoms with Gasteiger partial charge < -0.3 is 29.1 Å². The van der Waals surface area contributed by atoms with Crippen molar-refractivity contribution < 1.29 is 23.5 Å². The zero-order chi connectivity index (χ0) is 31.2. The molecule has 234 valence electrons. The van der Waals surface area contributed by atoms with Crippen LogP contribution in [0.3, 0.4) is 0 Å². The van der Waals surface area contributed by atoms with Crippen LogP contribution in [0.5, 0.6) is 0 Å². The third kappa shape index (κ3) is 5.47. The molecule has 6 rings (SSSR count). The number of aromatic nitrogens is 3. The van der Waals surface area contributed by atoms with Gasteiger partial charge in [0, 0.05) is 66.6 Å². The Bertz CT molecular complexity index is 1550. The fourth-order valence-electron chi connectivity index (χ4n) is 7.23.